The first-order valence-corrected chi connectivity index (χ1v) is 6.90. The summed E-state index contributed by atoms with van der Waals surface area (Å²) in [5.41, 5.74) is 1.78. The number of nitrogens with zero attached hydrogens (tertiary/aromatic N) is 2. The van der Waals surface area contributed by atoms with E-state index < -0.39 is 11.9 Å². The fraction of sp³-hybridized carbons (Fsp3) is 0.714. The summed E-state index contributed by atoms with van der Waals surface area (Å²) in [5, 5.41) is 22.5. The van der Waals surface area contributed by atoms with Gasteiger partial charge in [0.2, 0.25) is 0 Å². The molecule has 1 rings (SSSR count). The molecule has 0 aliphatic carbocycles. The fourth-order valence-electron chi connectivity index (χ4n) is 2.21. The van der Waals surface area contributed by atoms with Gasteiger partial charge in [-0.2, -0.15) is 0 Å². The second-order valence-electron chi connectivity index (χ2n) is 5.22. The van der Waals surface area contributed by atoms with Crippen molar-refractivity contribution in [1.29, 1.82) is 0 Å². The second-order valence-corrected chi connectivity index (χ2v) is 5.22. The van der Waals surface area contributed by atoms with Gasteiger partial charge in [-0.1, -0.05) is 19.0 Å². The van der Waals surface area contributed by atoms with E-state index in [9.17, 15) is 9.90 Å². The van der Waals surface area contributed by atoms with Gasteiger partial charge in [0.1, 0.15) is 5.76 Å². The van der Waals surface area contributed by atoms with E-state index in [4.69, 9.17) is 9.63 Å². The summed E-state index contributed by atoms with van der Waals surface area (Å²) in [6.45, 7) is 8.29. The van der Waals surface area contributed by atoms with Crippen LogP contribution in [-0.4, -0.2) is 45.4 Å². The molecule has 2 atom stereocenters. The SMILES string of the molecule is CCC(CO)N(Cc1c(C)noc1C)CC(C)C(=O)O. The van der Waals surface area contributed by atoms with Crippen molar-refractivity contribution in [2.24, 2.45) is 5.92 Å². The molecule has 1 aromatic heterocycles. The van der Waals surface area contributed by atoms with Gasteiger partial charge in [0.15, 0.2) is 0 Å². The van der Waals surface area contributed by atoms with Crippen molar-refractivity contribution in [3.05, 3.63) is 17.0 Å². The molecule has 0 saturated heterocycles. The number of carboxylic acids is 1. The Morgan fingerprint density at radius 2 is 2.10 bits per heavy atom. The van der Waals surface area contributed by atoms with Crippen LogP contribution in [-0.2, 0) is 11.3 Å². The monoisotopic (exact) mass is 284 g/mol. The normalized spacial score (nSPS) is 14.5. The number of carboxylic acid groups (broad SMARTS) is 1. The predicted molar refractivity (Wildman–Crippen MR) is 74.4 cm³/mol. The van der Waals surface area contributed by atoms with Crippen molar-refractivity contribution in [3.63, 3.8) is 0 Å². The Labute approximate surface area is 119 Å². The molecule has 1 aromatic rings. The van der Waals surface area contributed by atoms with Gasteiger partial charge >= 0.3 is 5.97 Å². The molecule has 0 aromatic carbocycles. The number of aromatic nitrogens is 1. The number of hydrogen-bond acceptors (Lipinski definition) is 5. The summed E-state index contributed by atoms with van der Waals surface area (Å²) >= 11 is 0. The van der Waals surface area contributed by atoms with Gasteiger partial charge in [-0.05, 0) is 20.3 Å². The van der Waals surface area contributed by atoms with Crippen molar-refractivity contribution in [2.45, 2.75) is 46.7 Å². The molecular formula is C14H24N2O4. The lowest BCUT2D eigenvalue weighted by molar-refractivity contribution is -0.142. The van der Waals surface area contributed by atoms with Gasteiger partial charge in [-0.25, -0.2) is 0 Å². The van der Waals surface area contributed by atoms with Crippen LogP contribution in [0.2, 0.25) is 0 Å². The van der Waals surface area contributed by atoms with Crippen LogP contribution in [0.25, 0.3) is 0 Å². The number of aliphatic hydroxyl groups is 1. The Morgan fingerprint density at radius 3 is 2.50 bits per heavy atom. The topological polar surface area (TPSA) is 86.8 Å². The molecule has 2 unspecified atom stereocenters. The number of aryl methyl sites for hydroxylation is 2. The minimum Gasteiger partial charge on any atom is -0.481 e. The van der Waals surface area contributed by atoms with Crippen molar-refractivity contribution >= 4 is 5.97 Å². The van der Waals surface area contributed by atoms with Crippen LogP contribution < -0.4 is 0 Å². The maximum Gasteiger partial charge on any atom is 0.307 e. The van der Waals surface area contributed by atoms with Crippen LogP contribution in [0.5, 0.6) is 0 Å². The van der Waals surface area contributed by atoms with Crippen LogP contribution in [0.4, 0.5) is 0 Å². The van der Waals surface area contributed by atoms with Crippen molar-refractivity contribution in [1.82, 2.24) is 10.1 Å². The van der Waals surface area contributed by atoms with Crippen LogP contribution >= 0.6 is 0 Å². The van der Waals surface area contributed by atoms with E-state index >= 15 is 0 Å². The fourth-order valence-corrected chi connectivity index (χ4v) is 2.21. The zero-order valence-corrected chi connectivity index (χ0v) is 12.6. The summed E-state index contributed by atoms with van der Waals surface area (Å²) in [5.74, 6) is -0.583. The van der Waals surface area contributed by atoms with Gasteiger partial charge in [-0.3, -0.25) is 9.69 Å². The molecule has 0 saturated carbocycles. The number of rotatable bonds is 8. The van der Waals surface area contributed by atoms with E-state index in [-0.39, 0.29) is 12.6 Å². The predicted octanol–water partition coefficient (Wildman–Crippen LogP) is 1.59. The Kier molecular flexibility index (Phi) is 6.16. The number of carbonyl (C=O) groups is 1. The van der Waals surface area contributed by atoms with E-state index in [1.165, 1.54) is 0 Å². The number of aliphatic hydroxyl groups excluding tert-OH is 1. The minimum atomic E-state index is -0.832. The van der Waals surface area contributed by atoms with Crippen LogP contribution in [0.15, 0.2) is 4.52 Å². The Balaban J connectivity index is 2.90. The van der Waals surface area contributed by atoms with E-state index in [2.05, 4.69) is 5.16 Å². The lowest BCUT2D eigenvalue weighted by atomic mass is 10.1. The standard InChI is InChI=1S/C14H24N2O4/c1-5-12(8-17)16(6-9(2)14(18)19)7-13-10(3)15-20-11(13)4/h9,12,17H,5-8H2,1-4H3,(H,18,19). The first-order chi connectivity index (χ1) is 9.40. The Morgan fingerprint density at radius 1 is 1.45 bits per heavy atom. The molecule has 0 fully saturated rings. The largest absolute Gasteiger partial charge is 0.481 e. The Hall–Kier alpha value is -1.40. The molecule has 2 N–H and O–H groups in total. The van der Waals surface area contributed by atoms with E-state index in [1.807, 2.05) is 25.7 Å². The molecule has 1 heterocycles. The third kappa shape index (κ3) is 4.05. The van der Waals surface area contributed by atoms with E-state index in [0.717, 1.165) is 23.4 Å². The molecule has 0 amide bonds. The highest BCUT2D eigenvalue weighted by atomic mass is 16.5. The molecule has 6 nitrogen and oxygen atoms in total. The van der Waals surface area contributed by atoms with E-state index in [1.54, 1.807) is 6.92 Å². The molecule has 0 radical (unpaired) electrons. The second kappa shape index (κ2) is 7.40. The van der Waals surface area contributed by atoms with Gasteiger partial charge in [-0.15, -0.1) is 0 Å². The molecule has 0 aliphatic rings. The lowest BCUT2D eigenvalue weighted by Crippen LogP contribution is -2.41. The van der Waals surface area contributed by atoms with Crippen LogP contribution in [0.3, 0.4) is 0 Å². The van der Waals surface area contributed by atoms with Crippen LogP contribution in [0.1, 0.15) is 37.3 Å². The quantitative estimate of drug-likeness (QED) is 0.753. The average molecular weight is 284 g/mol. The van der Waals surface area contributed by atoms with Crippen molar-refractivity contribution < 1.29 is 19.5 Å². The molecule has 6 heteroatoms. The molecule has 0 spiro atoms. The third-order valence-corrected chi connectivity index (χ3v) is 3.67. The first-order valence-electron chi connectivity index (χ1n) is 6.90. The highest BCUT2D eigenvalue weighted by molar-refractivity contribution is 5.69. The zero-order valence-electron chi connectivity index (χ0n) is 12.6. The summed E-state index contributed by atoms with van der Waals surface area (Å²) in [6.07, 6.45) is 0.756. The summed E-state index contributed by atoms with van der Waals surface area (Å²) in [7, 11) is 0. The number of aliphatic carboxylic acids is 1. The van der Waals surface area contributed by atoms with Gasteiger partial charge < -0.3 is 14.7 Å². The first kappa shape index (κ1) is 16.7. The average Bonchev–Trinajstić information content (AvgIpc) is 2.71. The minimum absolute atomic E-state index is 0.00616. The molecule has 0 aliphatic heterocycles. The number of hydrogen-bond donors (Lipinski definition) is 2. The summed E-state index contributed by atoms with van der Waals surface area (Å²) in [6, 6.07) is -0.0644. The maximum absolute atomic E-state index is 11.1. The summed E-state index contributed by atoms with van der Waals surface area (Å²) in [4.78, 5) is 13.0. The van der Waals surface area contributed by atoms with Crippen LogP contribution in [0, 0.1) is 19.8 Å². The molecule has 20 heavy (non-hydrogen) atoms. The lowest BCUT2D eigenvalue weighted by Gasteiger charge is -2.31. The van der Waals surface area contributed by atoms with Gasteiger partial charge in [0.25, 0.3) is 0 Å². The third-order valence-electron chi connectivity index (χ3n) is 3.67. The molecule has 0 bridgehead atoms. The molecule has 114 valence electrons. The molecular weight excluding hydrogens is 260 g/mol. The summed E-state index contributed by atoms with van der Waals surface area (Å²) < 4.78 is 5.14. The van der Waals surface area contributed by atoms with Gasteiger partial charge in [0, 0.05) is 24.7 Å². The van der Waals surface area contributed by atoms with Crippen molar-refractivity contribution in [3.8, 4) is 0 Å². The maximum atomic E-state index is 11.1. The van der Waals surface area contributed by atoms with Gasteiger partial charge in [0.05, 0.1) is 18.2 Å². The Bertz CT molecular complexity index is 421. The highest BCUT2D eigenvalue weighted by Crippen LogP contribution is 2.19. The zero-order chi connectivity index (χ0) is 15.3. The van der Waals surface area contributed by atoms with E-state index in [0.29, 0.717) is 13.1 Å². The smallest absolute Gasteiger partial charge is 0.307 e. The van der Waals surface area contributed by atoms with Crippen molar-refractivity contribution in [2.75, 3.05) is 13.2 Å². The highest BCUT2D eigenvalue weighted by Gasteiger charge is 2.24.